The number of rotatable bonds is 8. The van der Waals surface area contributed by atoms with Crippen LogP contribution in [0.5, 0.6) is 0 Å². The third-order valence-electron chi connectivity index (χ3n) is 11.9. The molecule has 5 rings (SSSR count). The van der Waals surface area contributed by atoms with Crippen molar-refractivity contribution < 1.29 is 48.0 Å². The van der Waals surface area contributed by atoms with Gasteiger partial charge in [0.1, 0.15) is 18.2 Å². The zero-order chi connectivity index (χ0) is 33.4. The van der Waals surface area contributed by atoms with E-state index in [1.807, 2.05) is 6.92 Å². The van der Waals surface area contributed by atoms with Crippen molar-refractivity contribution in [2.75, 3.05) is 13.2 Å². The van der Waals surface area contributed by atoms with Gasteiger partial charge < -0.3 is 29.3 Å². The van der Waals surface area contributed by atoms with Gasteiger partial charge in [0.05, 0.1) is 0 Å². The van der Waals surface area contributed by atoms with Crippen molar-refractivity contribution in [3.8, 4) is 0 Å². The number of fused-ring (bicyclic) bond motifs is 5. The van der Waals surface area contributed by atoms with Crippen LogP contribution in [-0.4, -0.2) is 64.7 Å². The molecule has 1 aliphatic heterocycles. The first-order valence-electron chi connectivity index (χ1n) is 15.9. The maximum atomic E-state index is 18.3. The van der Waals surface area contributed by atoms with E-state index in [0.29, 0.717) is 18.4 Å². The lowest BCUT2D eigenvalue weighted by Gasteiger charge is -2.65. The molecule has 5 aliphatic rings. The number of ketones is 1. The minimum absolute atomic E-state index is 0.0283. The van der Waals surface area contributed by atoms with E-state index in [1.165, 1.54) is 18.2 Å². The number of halogens is 1. The highest BCUT2D eigenvalue weighted by Gasteiger charge is 2.84. The number of carbonyl (C=O) groups excluding carboxylic acids is 3. The summed E-state index contributed by atoms with van der Waals surface area (Å²) in [5, 5.41) is 25.2. The molecular weight excluding hydrogens is 591 g/mol. The molecule has 1 heterocycles. The van der Waals surface area contributed by atoms with Gasteiger partial charge in [-0.3, -0.25) is 14.4 Å². The van der Waals surface area contributed by atoms with E-state index >= 15 is 4.39 Å². The first kappa shape index (κ1) is 33.5. The zero-order valence-corrected chi connectivity index (χ0v) is 27.1. The fourth-order valence-electron chi connectivity index (χ4n) is 9.88. The van der Waals surface area contributed by atoms with Gasteiger partial charge in [-0.1, -0.05) is 39.3 Å². The predicted octanol–water partition coefficient (Wildman–Crippen LogP) is 3.35. The summed E-state index contributed by atoms with van der Waals surface area (Å²) in [6.45, 7) is 11.3. The molecule has 1 N–H and O–H groups in total. The molecule has 1 saturated heterocycles. The largest absolute Gasteiger partial charge is 0.632 e. The lowest BCUT2D eigenvalue weighted by atomic mass is 9.44. The van der Waals surface area contributed by atoms with Crippen molar-refractivity contribution in [1.82, 2.24) is 0 Å². The van der Waals surface area contributed by atoms with Gasteiger partial charge in [0.25, 0.3) is 10.8 Å². The van der Waals surface area contributed by atoms with E-state index in [4.69, 9.17) is 19.0 Å². The number of esters is 2. The zero-order valence-electron chi connectivity index (χ0n) is 27.1. The molecule has 0 aromatic heterocycles. The van der Waals surface area contributed by atoms with E-state index in [-0.39, 0.29) is 38.1 Å². The maximum absolute atomic E-state index is 18.3. The Balaban J connectivity index is 1.76. The van der Waals surface area contributed by atoms with Crippen LogP contribution in [0.2, 0.25) is 0 Å². The number of allylic oxidation sites excluding steroid dienone is 4. The number of alkyl halides is 1. The number of nitrogens with zero attached hydrogens (tertiary/aromatic N) is 1. The molecule has 250 valence electrons. The first-order chi connectivity index (χ1) is 20.9. The second kappa shape index (κ2) is 10.8. The molecule has 45 heavy (non-hydrogen) atoms. The Morgan fingerprint density at radius 2 is 1.82 bits per heavy atom. The van der Waals surface area contributed by atoms with Crippen LogP contribution in [0, 0.1) is 43.9 Å². The van der Waals surface area contributed by atoms with Crippen LogP contribution in [0.4, 0.5) is 4.39 Å². The van der Waals surface area contributed by atoms with Gasteiger partial charge in [0.15, 0.2) is 18.1 Å². The summed E-state index contributed by atoms with van der Waals surface area (Å²) in [7, 11) is 0. The molecular formula is C32H45FN2O10. The van der Waals surface area contributed by atoms with Crippen LogP contribution >= 0.6 is 0 Å². The van der Waals surface area contributed by atoms with Gasteiger partial charge in [-0.25, -0.2) is 4.39 Å². The standard InChI is InChI=1S/C32H45FN2O10/c1-8-25(37)42-18-30(34(39)27(4,5)17-43-30)32(44-26(38)9-2)19(3)14-23-22-11-10-20-15-21(36)12-13-28(20,6)31(22,33)24(45-35(40)41)16-29(23,32)7/h12-13,15,19,22-24,34H,8-11,14,16-18H2,1-7H3/t19?,22?,23?,24-,28-,29-,30?,31-,32+/m0/s1. The summed E-state index contributed by atoms with van der Waals surface area (Å²) >= 11 is 0. The predicted molar refractivity (Wildman–Crippen MR) is 156 cm³/mol. The minimum Gasteiger partial charge on any atom is -0.632 e. The Bertz CT molecular complexity index is 1350. The molecule has 0 amide bonds. The third kappa shape index (κ3) is 4.36. The lowest BCUT2D eigenvalue weighted by molar-refractivity contribution is -0.961. The quantitative estimate of drug-likeness (QED) is 0.181. The molecule has 0 spiro atoms. The maximum Gasteiger partial charge on any atom is 0.306 e. The Labute approximate surface area is 262 Å². The van der Waals surface area contributed by atoms with Gasteiger partial charge in [-0.15, -0.1) is 10.1 Å². The Hall–Kier alpha value is -2.90. The Kier molecular flexibility index (Phi) is 8.06. The third-order valence-corrected chi connectivity index (χ3v) is 11.9. The first-order valence-corrected chi connectivity index (χ1v) is 15.9. The van der Waals surface area contributed by atoms with Crippen LogP contribution in [0.15, 0.2) is 23.8 Å². The topological polar surface area (TPSA) is 159 Å². The van der Waals surface area contributed by atoms with E-state index in [2.05, 4.69) is 0 Å². The molecule has 0 aromatic carbocycles. The number of hydroxylamine groups is 2. The Morgan fingerprint density at radius 1 is 1.16 bits per heavy atom. The van der Waals surface area contributed by atoms with Gasteiger partial charge in [0, 0.05) is 35.5 Å². The lowest BCUT2D eigenvalue weighted by Crippen LogP contribution is -3.24. The molecule has 4 fully saturated rings. The average Bonchev–Trinajstić information content (AvgIpc) is 3.34. The fraction of sp³-hybridized carbons (Fsp3) is 0.781. The van der Waals surface area contributed by atoms with Crippen molar-refractivity contribution in [3.63, 3.8) is 0 Å². The second-order valence-electron chi connectivity index (χ2n) is 14.6. The number of carbonyl (C=O) groups is 3. The number of quaternary nitrogens is 1. The summed E-state index contributed by atoms with van der Waals surface area (Å²) in [5.74, 6) is -3.51. The molecule has 4 aliphatic carbocycles. The summed E-state index contributed by atoms with van der Waals surface area (Å²) in [5.41, 5.74) is -9.28. The highest BCUT2D eigenvalue weighted by Crippen LogP contribution is 2.73. The summed E-state index contributed by atoms with van der Waals surface area (Å²) in [4.78, 5) is 55.6. The van der Waals surface area contributed by atoms with Crippen molar-refractivity contribution in [1.29, 1.82) is 0 Å². The molecule has 10 atom stereocenters. The van der Waals surface area contributed by atoms with Crippen molar-refractivity contribution in [3.05, 3.63) is 39.1 Å². The van der Waals surface area contributed by atoms with E-state index in [0.717, 1.165) is 0 Å². The fourth-order valence-corrected chi connectivity index (χ4v) is 9.88. The summed E-state index contributed by atoms with van der Waals surface area (Å²) < 4.78 is 36.8. The van der Waals surface area contributed by atoms with E-state index in [1.54, 1.807) is 41.5 Å². The molecule has 3 saturated carbocycles. The van der Waals surface area contributed by atoms with Crippen LogP contribution in [0.1, 0.15) is 87.0 Å². The highest BCUT2D eigenvalue weighted by atomic mass is 19.1. The van der Waals surface area contributed by atoms with Gasteiger partial charge >= 0.3 is 11.9 Å². The van der Waals surface area contributed by atoms with Gasteiger partial charge in [-0.05, 0) is 64.5 Å². The van der Waals surface area contributed by atoms with Crippen LogP contribution in [0.3, 0.4) is 0 Å². The molecule has 0 aromatic rings. The summed E-state index contributed by atoms with van der Waals surface area (Å²) in [6, 6.07) is 0. The molecule has 0 radical (unpaired) electrons. The average molecular weight is 637 g/mol. The van der Waals surface area contributed by atoms with Crippen molar-refractivity contribution in [2.45, 2.75) is 116 Å². The molecule has 13 heteroatoms. The molecule has 12 nitrogen and oxygen atoms in total. The normalized spacial score (nSPS) is 44.7. The number of ether oxygens (including phenoxy) is 3. The number of nitrogens with one attached hydrogen (secondary N) is 1. The Morgan fingerprint density at radius 3 is 2.40 bits per heavy atom. The summed E-state index contributed by atoms with van der Waals surface area (Å²) in [6.07, 6.45) is 3.13. The number of hydrogen-bond acceptors (Lipinski definition) is 10. The van der Waals surface area contributed by atoms with Crippen LogP contribution < -0.4 is 5.06 Å². The smallest absolute Gasteiger partial charge is 0.306 e. The van der Waals surface area contributed by atoms with Crippen molar-refractivity contribution >= 4 is 17.7 Å². The number of hydrogen-bond donors (Lipinski definition) is 1. The van der Waals surface area contributed by atoms with Crippen LogP contribution in [-0.2, 0) is 33.4 Å². The highest BCUT2D eigenvalue weighted by molar-refractivity contribution is 6.01. The van der Waals surface area contributed by atoms with E-state index in [9.17, 15) is 29.7 Å². The van der Waals surface area contributed by atoms with E-state index < -0.39 is 85.9 Å². The second-order valence-corrected chi connectivity index (χ2v) is 14.6. The van der Waals surface area contributed by atoms with Crippen molar-refractivity contribution in [2.24, 2.45) is 28.6 Å². The van der Waals surface area contributed by atoms with Crippen LogP contribution in [0.25, 0.3) is 0 Å². The minimum atomic E-state index is -2.32. The van der Waals surface area contributed by atoms with Gasteiger partial charge in [-0.2, -0.15) is 0 Å². The monoisotopic (exact) mass is 636 g/mol. The molecule has 0 bridgehead atoms. The van der Waals surface area contributed by atoms with Gasteiger partial charge in [0.2, 0.25) is 5.60 Å². The molecule has 5 unspecified atom stereocenters. The SMILES string of the molecule is CCC(=O)OCC1([C@@]2(OC(=O)CC)C(C)CC3C4CCC5=CC(=O)C=C[C@]5(C)[C@@]4(F)[C@@H](O[N+](=O)[O-])C[C@@]32C)OCC(C)(C)[NH+]1[O-].